The van der Waals surface area contributed by atoms with Crippen LogP contribution in [0, 0.1) is 0 Å². The summed E-state index contributed by atoms with van der Waals surface area (Å²) in [5, 5.41) is 7.69. The Kier molecular flexibility index (Phi) is 15.7. The average molecular weight is 716 g/mol. The van der Waals surface area contributed by atoms with Crippen molar-refractivity contribution >= 4 is 40.5 Å². The number of alkyl carbamates (subject to hydrolysis) is 1. The molecule has 3 N–H and O–H groups in total. The van der Waals surface area contributed by atoms with E-state index < -0.39 is 52.7 Å². The zero-order valence-corrected chi connectivity index (χ0v) is 32.9. The van der Waals surface area contributed by atoms with Gasteiger partial charge in [0.25, 0.3) is 11.8 Å². The van der Waals surface area contributed by atoms with Crippen LogP contribution >= 0.6 is 0 Å². The smallest absolute Gasteiger partial charge is 0.407 e. The van der Waals surface area contributed by atoms with Gasteiger partial charge in [-0.15, -0.1) is 0 Å². The number of rotatable bonds is 17. The minimum absolute atomic E-state index is 0.00668. The monoisotopic (exact) mass is 715 g/mol. The largest absolute Gasteiger partial charge is 0.461 e. The Labute approximate surface area is 294 Å². The van der Waals surface area contributed by atoms with Crippen molar-refractivity contribution in [3.63, 3.8) is 0 Å². The quantitative estimate of drug-likeness (QED) is 0.102. The van der Waals surface area contributed by atoms with Crippen LogP contribution in [0.25, 0.3) is 0 Å². The lowest BCUT2D eigenvalue weighted by molar-refractivity contribution is -0.146. The van der Waals surface area contributed by atoms with Crippen LogP contribution in [0.2, 0.25) is 36.3 Å². The van der Waals surface area contributed by atoms with E-state index in [4.69, 9.17) is 18.3 Å². The number of benzene rings is 2. The Balaban J connectivity index is 2.18. The molecule has 49 heavy (non-hydrogen) atoms. The summed E-state index contributed by atoms with van der Waals surface area (Å²) in [5.74, 6) is -1.56. The van der Waals surface area contributed by atoms with Gasteiger partial charge in [-0.3, -0.25) is 14.4 Å². The first-order valence-electron chi connectivity index (χ1n) is 16.8. The summed E-state index contributed by atoms with van der Waals surface area (Å²) >= 11 is 0. The molecule has 0 spiro atoms. The first-order chi connectivity index (χ1) is 22.7. The van der Waals surface area contributed by atoms with E-state index in [9.17, 15) is 19.2 Å². The number of amides is 3. The van der Waals surface area contributed by atoms with Gasteiger partial charge in [0.1, 0.15) is 13.2 Å². The molecule has 0 saturated carbocycles. The van der Waals surface area contributed by atoms with Gasteiger partial charge < -0.3 is 34.3 Å². The summed E-state index contributed by atoms with van der Waals surface area (Å²) in [7, 11) is -5.26. The molecule has 0 aromatic heterocycles. The van der Waals surface area contributed by atoms with Crippen molar-refractivity contribution in [2.24, 2.45) is 0 Å². The number of hydrogen-bond donors (Lipinski definition) is 3. The van der Waals surface area contributed by atoms with Crippen LogP contribution in [0.3, 0.4) is 0 Å². The molecule has 0 aliphatic carbocycles. The molecular weight excluding hydrogens is 659 g/mol. The van der Waals surface area contributed by atoms with E-state index in [0.29, 0.717) is 0 Å². The van der Waals surface area contributed by atoms with Crippen molar-refractivity contribution in [1.29, 1.82) is 0 Å². The third kappa shape index (κ3) is 14.1. The minimum atomic E-state index is -2.63. The van der Waals surface area contributed by atoms with Gasteiger partial charge in [-0.05, 0) is 47.4 Å². The van der Waals surface area contributed by atoms with Crippen molar-refractivity contribution < 1.29 is 37.5 Å². The molecule has 3 amide bonds. The molecule has 11 nitrogen and oxygen atoms in total. The maximum atomic E-state index is 13.9. The Morgan fingerprint density at radius 3 is 1.41 bits per heavy atom. The molecule has 2 atom stereocenters. The highest BCUT2D eigenvalue weighted by atomic mass is 28.4. The van der Waals surface area contributed by atoms with Gasteiger partial charge in [0.2, 0.25) is 0 Å². The van der Waals surface area contributed by atoms with E-state index in [2.05, 4.69) is 16.0 Å². The maximum Gasteiger partial charge on any atom is 0.407 e. The number of hydrogen-bond acceptors (Lipinski definition) is 8. The topological polar surface area (TPSA) is 141 Å². The normalized spacial score (nSPS) is 13.5. The first-order valence-corrected chi connectivity index (χ1v) is 22.6. The van der Waals surface area contributed by atoms with E-state index in [0.717, 1.165) is 11.1 Å². The molecule has 13 heteroatoms. The molecule has 2 aromatic rings. The average Bonchev–Trinajstić information content (AvgIpc) is 3.02. The molecule has 2 aromatic carbocycles. The van der Waals surface area contributed by atoms with Crippen molar-refractivity contribution in [3.8, 4) is 0 Å². The third-order valence-electron chi connectivity index (χ3n) is 9.02. The lowest BCUT2D eigenvalue weighted by Crippen LogP contribution is -2.60. The van der Waals surface area contributed by atoms with Gasteiger partial charge in [0.15, 0.2) is 28.8 Å². The van der Waals surface area contributed by atoms with Gasteiger partial charge in [0.05, 0.1) is 6.42 Å². The molecule has 0 saturated heterocycles. The molecular formula is C36H57N3O8Si2. The molecule has 2 rings (SSSR count). The van der Waals surface area contributed by atoms with Gasteiger partial charge in [-0.2, -0.15) is 0 Å². The summed E-state index contributed by atoms with van der Waals surface area (Å²) in [6, 6.07) is 18.6. The molecule has 0 heterocycles. The van der Waals surface area contributed by atoms with Crippen molar-refractivity contribution in [2.75, 3.05) is 19.6 Å². The fourth-order valence-electron chi connectivity index (χ4n) is 3.92. The highest BCUT2D eigenvalue weighted by Crippen LogP contribution is 2.40. The minimum Gasteiger partial charge on any atom is -0.461 e. The van der Waals surface area contributed by atoms with Gasteiger partial charge in [-0.1, -0.05) is 102 Å². The van der Waals surface area contributed by atoms with E-state index in [1.165, 1.54) is 0 Å². The van der Waals surface area contributed by atoms with Crippen LogP contribution in [-0.2, 0) is 45.9 Å². The van der Waals surface area contributed by atoms with E-state index in [1.54, 1.807) is 0 Å². The number of nitrogens with one attached hydrogen (secondary N) is 3. The molecule has 0 aliphatic rings. The summed E-state index contributed by atoms with van der Waals surface area (Å²) in [5.41, 5.74) is 1.71. The predicted molar refractivity (Wildman–Crippen MR) is 196 cm³/mol. The zero-order valence-electron chi connectivity index (χ0n) is 30.9. The van der Waals surface area contributed by atoms with Crippen molar-refractivity contribution in [3.05, 3.63) is 71.8 Å². The molecule has 1 unspecified atom stereocenters. The van der Waals surface area contributed by atoms with Crippen LogP contribution in [0.1, 0.15) is 59.1 Å². The van der Waals surface area contributed by atoms with Crippen LogP contribution in [0.4, 0.5) is 4.79 Å². The number of carbonyl (C=O) groups is 4. The van der Waals surface area contributed by atoms with Crippen LogP contribution < -0.4 is 16.0 Å². The SMILES string of the molecule is CC(C)(C)[Si](C)(C)OC(C(=O)NCCC(=O)OCc1ccccc1)[C@@H](O[Si](C)(C)C(C)(C)C)C(=O)NCCNC(=O)OCc1ccccc1. The first kappa shape index (κ1) is 41.6. The Morgan fingerprint density at radius 1 is 0.592 bits per heavy atom. The predicted octanol–water partition coefficient (Wildman–Crippen LogP) is 6.06. The van der Waals surface area contributed by atoms with Crippen molar-refractivity contribution in [2.45, 2.75) is 110 Å². The molecule has 0 bridgehead atoms. The van der Waals surface area contributed by atoms with E-state index in [-0.39, 0.29) is 49.3 Å². The third-order valence-corrected chi connectivity index (χ3v) is 17.9. The number of ether oxygens (including phenoxy) is 2. The summed E-state index contributed by atoms with van der Waals surface area (Å²) in [6.07, 6.45) is -3.26. The maximum absolute atomic E-state index is 13.9. The second kappa shape index (κ2) is 18.5. The highest BCUT2D eigenvalue weighted by molar-refractivity contribution is 6.75. The molecule has 0 fully saturated rings. The Hall–Kier alpha value is -3.53. The molecule has 272 valence electrons. The standard InChI is InChI=1S/C36H57N3O8Si2/c1-35(2,3)48(7,8)46-30(32(41)37-22-21-29(40)44-25-27-17-13-11-14-18-27)31(47-49(9,10)36(4,5)6)33(42)38-23-24-39-34(43)45-26-28-19-15-12-16-20-28/h11-20,30-31H,21-26H2,1-10H3,(H,37,41)(H,38,42)(H,39,43)/t30?,31-/m1/s1. The van der Waals surface area contributed by atoms with Gasteiger partial charge in [-0.25, -0.2) is 4.79 Å². The van der Waals surface area contributed by atoms with E-state index in [1.807, 2.05) is 128 Å². The summed E-state index contributed by atoms with van der Waals surface area (Å²) < 4.78 is 23.9. The molecule has 0 aliphatic heterocycles. The van der Waals surface area contributed by atoms with Gasteiger partial charge in [0, 0.05) is 19.6 Å². The van der Waals surface area contributed by atoms with Gasteiger partial charge >= 0.3 is 12.1 Å². The lowest BCUT2D eigenvalue weighted by atomic mass is 10.1. The fraction of sp³-hybridized carbons (Fsp3) is 0.556. The zero-order chi connectivity index (χ0) is 36.9. The second-order valence-electron chi connectivity index (χ2n) is 15.1. The van der Waals surface area contributed by atoms with Crippen LogP contribution in [0.5, 0.6) is 0 Å². The van der Waals surface area contributed by atoms with Crippen molar-refractivity contribution in [1.82, 2.24) is 16.0 Å². The van der Waals surface area contributed by atoms with E-state index >= 15 is 0 Å². The number of carbonyl (C=O) groups excluding carboxylic acids is 4. The van der Waals surface area contributed by atoms with Crippen LogP contribution in [0.15, 0.2) is 60.7 Å². The summed E-state index contributed by atoms with van der Waals surface area (Å²) in [6.45, 7) is 20.7. The second-order valence-corrected chi connectivity index (χ2v) is 24.6. The van der Waals surface area contributed by atoms with Crippen LogP contribution in [-0.4, -0.2) is 72.4 Å². The molecule has 0 radical (unpaired) electrons. The highest BCUT2D eigenvalue weighted by Gasteiger charge is 2.49. The summed E-state index contributed by atoms with van der Waals surface area (Å²) in [4.78, 5) is 52.5. The fourth-order valence-corrected chi connectivity index (χ4v) is 6.36. The lowest BCUT2D eigenvalue weighted by Gasteiger charge is -2.44. The number of esters is 1. The Bertz CT molecular complexity index is 1360. The Morgan fingerprint density at radius 2 is 0.980 bits per heavy atom.